The van der Waals surface area contributed by atoms with Crippen molar-refractivity contribution in [2.24, 2.45) is 0 Å². The molecule has 0 N–H and O–H groups in total. The Morgan fingerprint density at radius 3 is 2.42 bits per heavy atom. The van der Waals surface area contributed by atoms with Crippen molar-refractivity contribution in [3.05, 3.63) is 65.5 Å². The molecule has 0 bridgehead atoms. The molecule has 3 rings (SSSR count). The second kappa shape index (κ2) is 7.25. The molecular formula is C19H21N3O2. The summed E-state index contributed by atoms with van der Waals surface area (Å²) in [7, 11) is 0. The number of hydrogen-bond acceptors (Lipinski definition) is 3. The lowest BCUT2D eigenvalue weighted by Crippen LogP contribution is -2.49. The smallest absolute Gasteiger partial charge is 0.236 e. The first-order valence-electron chi connectivity index (χ1n) is 8.15. The highest BCUT2D eigenvalue weighted by Crippen LogP contribution is 2.28. The Hall–Kier alpha value is -2.69. The first-order chi connectivity index (χ1) is 11.7. The van der Waals surface area contributed by atoms with E-state index in [9.17, 15) is 9.59 Å². The van der Waals surface area contributed by atoms with Crippen molar-refractivity contribution in [1.82, 2.24) is 14.8 Å². The van der Waals surface area contributed by atoms with Gasteiger partial charge in [0.1, 0.15) is 5.92 Å². The molecule has 1 fully saturated rings. The molecule has 2 amide bonds. The summed E-state index contributed by atoms with van der Waals surface area (Å²) in [5, 5.41) is 0. The maximum atomic E-state index is 13.2. The molecule has 1 atom stereocenters. The molecule has 2 aromatic rings. The van der Waals surface area contributed by atoms with Crippen LogP contribution in [0.3, 0.4) is 0 Å². The number of aryl methyl sites for hydroxylation is 1. The van der Waals surface area contributed by atoms with Crippen LogP contribution < -0.4 is 0 Å². The van der Waals surface area contributed by atoms with Crippen molar-refractivity contribution in [1.29, 1.82) is 0 Å². The highest BCUT2D eigenvalue weighted by atomic mass is 16.2. The number of piperazine rings is 1. The molecule has 24 heavy (non-hydrogen) atoms. The molecule has 0 radical (unpaired) electrons. The molecule has 1 aliphatic heterocycles. The van der Waals surface area contributed by atoms with Gasteiger partial charge in [0, 0.05) is 32.4 Å². The van der Waals surface area contributed by atoms with Crippen molar-refractivity contribution < 1.29 is 9.59 Å². The number of nitrogens with zero attached hydrogens (tertiary/aromatic N) is 3. The summed E-state index contributed by atoms with van der Waals surface area (Å²) in [6.45, 7) is 4.30. The molecule has 1 aliphatic rings. The van der Waals surface area contributed by atoms with Crippen LogP contribution in [0.15, 0.2) is 48.7 Å². The fraction of sp³-hybridized carbons (Fsp3) is 0.316. The van der Waals surface area contributed by atoms with Gasteiger partial charge in [0.2, 0.25) is 12.3 Å². The monoisotopic (exact) mass is 323 g/mol. The molecule has 5 nitrogen and oxygen atoms in total. The molecule has 0 aliphatic carbocycles. The van der Waals surface area contributed by atoms with Gasteiger partial charge in [-0.05, 0) is 30.2 Å². The largest absolute Gasteiger partial charge is 0.342 e. The first-order valence-corrected chi connectivity index (χ1v) is 8.15. The number of amides is 2. The van der Waals surface area contributed by atoms with E-state index in [2.05, 4.69) is 4.98 Å². The van der Waals surface area contributed by atoms with Crippen molar-refractivity contribution in [2.75, 3.05) is 26.2 Å². The van der Waals surface area contributed by atoms with E-state index in [1.54, 1.807) is 11.1 Å². The Kier molecular flexibility index (Phi) is 4.89. The van der Waals surface area contributed by atoms with E-state index < -0.39 is 5.92 Å². The second-order valence-electron chi connectivity index (χ2n) is 6.01. The summed E-state index contributed by atoms with van der Waals surface area (Å²) in [5.41, 5.74) is 2.82. The highest BCUT2D eigenvalue weighted by molar-refractivity contribution is 5.87. The van der Waals surface area contributed by atoms with Crippen LogP contribution in [0.5, 0.6) is 0 Å². The van der Waals surface area contributed by atoms with Gasteiger partial charge < -0.3 is 9.80 Å². The zero-order chi connectivity index (χ0) is 16.9. The van der Waals surface area contributed by atoms with Crippen molar-refractivity contribution >= 4 is 12.3 Å². The second-order valence-corrected chi connectivity index (χ2v) is 6.01. The van der Waals surface area contributed by atoms with Gasteiger partial charge in [0.25, 0.3) is 0 Å². The number of benzene rings is 1. The van der Waals surface area contributed by atoms with Gasteiger partial charge in [-0.3, -0.25) is 14.6 Å². The molecule has 0 spiro atoms. The Morgan fingerprint density at radius 1 is 1.08 bits per heavy atom. The number of rotatable bonds is 4. The lowest BCUT2D eigenvalue weighted by Gasteiger charge is -2.35. The summed E-state index contributed by atoms with van der Waals surface area (Å²) in [6, 6.07) is 13.6. The number of hydrogen-bond donors (Lipinski definition) is 0. The van der Waals surface area contributed by atoms with Crippen LogP contribution >= 0.6 is 0 Å². The Labute approximate surface area is 141 Å². The zero-order valence-corrected chi connectivity index (χ0v) is 13.8. The van der Waals surface area contributed by atoms with E-state index in [1.165, 1.54) is 0 Å². The molecule has 124 valence electrons. The zero-order valence-electron chi connectivity index (χ0n) is 13.8. The predicted molar refractivity (Wildman–Crippen MR) is 91.5 cm³/mol. The van der Waals surface area contributed by atoms with Gasteiger partial charge in [0.15, 0.2) is 0 Å². The van der Waals surface area contributed by atoms with Crippen LogP contribution in [-0.2, 0) is 9.59 Å². The van der Waals surface area contributed by atoms with Crippen molar-refractivity contribution in [2.45, 2.75) is 12.8 Å². The quantitative estimate of drug-likeness (QED) is 0.807. The Bertz CT molecular complexity index is 710. The standard InChI is InChI=1S/C19H21N3O2/c1-15-6-2-3-7-16(15)18(17-8-4-5-9-20-17)19(24)22-12-10-21(14-23)11-13-22/h2-9,14,18H,10-13H2,1H3. The number of carbonyl (C=O) groups excluding carboxylic acids is 2. The maximum Gasteiger partial charge on any atom is 0.236 e. The van der Waals surface area contributed by atoms with Crippen LogP contribution in [0.2, 0.25) is 0 Å². The van der Waals surface area contributed by atoms with E-state index in [0.29, 0.717) is 26.2 Å². The fourth-order valence-electron chi connectivity index (χ4n) is 3.11. The average molecular weight is 323 g/mol. The van der Waals surface area contributed by atoms with Crippen LogP contribution in [0, 0.1) is 6.92 Å². The third-order valence-electron chi connectivity index (χ3n) is 4.50. The average Bonchev–Trinajstić information content (AvgIpc) is 2.64. The normalized spacial score (nSPS) is 15.9. The van der Waals surface area contributed by atoms with Gasteiger partial charge in [0.05, 0.1) is 5.69 Å². The minimum atomic E-state index is -0.407. The van der Waals surface area contributed by atoms with E-state index in [0.717, 1.165) is 23.2 Å². The first kappa shape index (κ1) is 16.2. The Balaban J connectivity index is 1.92. The number of aromatic nitrogens is 1. The molecule has 1 unspecified atom stereocenters. The van der Waals surface area contributed by atoms with Crippen LogP contribution in [0.4, 0.5) is 0 Å². The SMILES string of the molecule is Cc1ccccc1C(C(=O)N1CCN(C=O)CC1)c1ccccn1. The van der Waals surface area contributed by atoms with Crippen molar-refractivity contribution in [3.8, 4) is 0 Å². The molecule has 1 aromatic heterocycles. The van der Waals surface area contributed by atoms with Gasteiger partial charge in [-0.2, -0.15) is 0 Å². The summed E-state index contributed by atoms with van der Waals surface area (Å²) < 4.78 is 0. The lowest BCUT2D eigenvalue weighted by atomic mass is 9.90. The van der Waals surface area contributed by atoms with E-state index >= 15 is 0 Å². The summed E-state index contributed by atoms with van der Waals surface area (Å²) >= 11 is 0. The Morgan fingerprint density at radius 2 is 1.79 bits per heavy atom. The van der Waals surface area contributed by atoms with Crippen molar-refractivity contribution in [3.63, 3.8) is 0 Å². The van der Waals surface area contributed by atoms with Gasteiger partial charge >= 0.3 is 0 Å². The van der Waals surface area contributed by atoms with E-state index in [1.807, 2.05) is 54.3 Å². The molecule has 1 saturated heterocycles. The van der Waals surface area contributed by atoms with Gasteiger partial charge in [-0.15, -0.1) is 0 Å². The van der Waals surface area contributed by atoms with Crippen LogP contribution in [0.1, 0.15) is 22.7 Å². The minimum Gasteiger partial charge on any atom is -0.342 e. The van der Waals surface area contributed by atoms with Gasteiger partial charge in [-0.25, -0.2) is 0 Å². The minimum absolute atomic E-state index is 0.0496. The molecule has 2 heterocycles. The number of pyridine rings is 1. The molecule has 0 saturated carbocycles. The summed E-state index contributed by atoms with van der Waals surface area (Å²) in [5.74, 6) is -0.358. The highest BCUT2D eigenvalue weighted by Gasteiger charge is 2.31. The lowest BCUT2D eigenvalue weighted by molar-refractivity contribution is -0.135. The summed E-state index contributed by atoms with van der Waals surface area (Å²) in [4.78, 5) is 32.1. The van der Waals surface area contributed by atoms with Crippen LogP contribution in [-0.4, -0.2) is 53.3 Å². The third kappa shape index (κ3) is 3.30. The predicted octanol–water partition coefficient (Wildman–Crippen LogP) is 1.82. The van der Waals surface area contributed by atoms with Gasteiger partial charge in [-0.1, -0.05) is 30.3 Å². The third-order valence-corrected chi connectivity index (χ3v) is 4.50. The molecular weight excluding hydrogens is 302 g/mol. The molecule has 1 aromatic carbocycles. The summed E-state index contributed by atoms with van der Waals surface area (Å²) in [6.07, 6.45) is 2.57. The van der Waals surface area contributed by atoms with E-state index in [-0.39, 0.29) is 5.91 Å². The topological polar surface area (TPSA) is 53.5 Å². The molecule has 5 heteroatoms. The number of carbonyl (C=O) groups is 2. The van der Waals surface area contributed by atoms with E-state index in [4.69, 9.17) is 0 Å². The maximum absolute atomic E-state index is 13.2. The fourth-order valence-corrected chi connectivity index (χ4v) is 3.11. The van der Waals surface area contributed by atoms with Crippen LogP contribution in [0.25, 0.3) is 0 Å².